The number of hydrogen-bond acceptors (Lipinski definition) is 4. The summed E-state index contributed by atoms with van der Waals surface area (Å²) in [4.78, 5) is 11.6. The molecule has 0 bridgehead atoms. The fourth-order valence-electron chi connectivity index (χ4n) is 1.57. The van der Waals surface area contributed by atoms with E-state index in [0.717, 1.165) is 5.56 Å². The van der Waals surface area contributed by atoms with Gasteiger partial charge in [-0.05, 0) is 17.7 Å². The van der Waals surface area contributed by atoms with Crippen LogP contribution in [0.4, 0.5) is 0 Å². The average molecular weight is 272 g/mol. The summed E-state index contributed by atoms with van der Waals surface area (Å²) in [5.41, 5.74) is 6.23. The van der Waals surface area contributed by atoms with E-state index in [-0.39, 0.29) is 24.3 Å². The van der Waals surface area contributed by atoms with E-state index in [4.69, 9.17) is 4.42 Å². The Labute approximate surface area is 116 Å². The molecule has 0 radical (unpaired) electrons. The number of carbonyl (C=O) groups excluding carboxylic acids is 1. The first-order valence-electron chi connectivity index (χ1n) is 6.23. The fraction of sp³-hybridized carbons (Fsp3) is 0.133. The molecule has 1 unspecified atom stereocenters. The highest BCUT2D eigenvalue weighted by Gasteiger charge is 2.09. The van der Waals surface area contributed by atoms with Crippen LogP contribution in [-0.2, 0) is 0 Å². The molecule has 3 N–H and O–H groups in total. The third-order valence-electron chi connectivity index (χ3n) is 2.63. The quantitative estimate of drug-likeness (QED) is 0.698. The van der Waals surface area contributed by atoms with Crippen LogP contribution in [0.3, 0.4) is 0 Å². The van der Waals surface area contributed by atoms with Crippen molar-refractivity contribution in [1.82, 2.24) is 10.9 Å². The number of hydrazine groups is 1. The highest BCUT2D eigenvalue weighted by molar-refractivity contribution is 5.90. The van der Waals surface area contributed by atoms with Crippen LogP contribution in [-0.4, -0.2) is 23.7 Å². The summed E-state index contributed by atoms with van der Waals surface area (Å²) < 4.78 is 4.96. The van der Waals surface area contributed by atoms with Crippen LogP contribution in [0.15, 0.2) is 59.2 Å². The highest BCUT2D eigenvalue weighted by Crippen LogP contribution is 2.02. The smallest absolute Gasteiger partial charge is 0.301 e. The van der Waals surface area contributed by atoms with E-state index in [2.05, 4.69) is 10.9 Å². The summed E-state index contributed by atoms with van der Waals surface area (Å²) in [6, 6.07) is 12.5. The molecule has 0 aliphatic carbocycles. The van der Waals surface area contributed by atoms with Crippen molar-refractivity contribution in [2.24, 2.45) is 0 Å². The number of benzene rings is 1. The molecule has 2 aromatic rings. The van der Waals surface area contributed by atoms with Gasteiger partial charge in [0, 0.05) is 0 Å². The lowest BCUT2D eigenvalue weighted by Crippen LogP contribution is -2.45. The van der Waals surface area contributed by atoms with Crippen molar-refractivity contribution in [2.75, 3.05) is 6.61 Å². The fourth-order valence-corrected chi connectivity index (χ4v) is 1.57. The van der Waals surface area contributed by atoms with Gasteiger partial charge in [0.05, 0.1) is 18.9 Å². The number of amides is 1. The predicted molar refractivity (Wildman–Crippen MR) is 75.7 cm³/mol. The number of carbonyl (C=O) groups is 1. The molecule has 1 aromatic carbocycles. The van der Waals surface area contributed by atoms with Crippen LogP contribution in [0.5, 0.6) is 0 Å². The zero-order valence-electron chi connectivity index (χ0n) is 10.8. The molecule has 1 atom stereocenters. The minimum atomic E-state index is -0.387. The molecule has 0 saturated heterocycles. The number of aliphatic hydroxyl groups is 1. The number of aliphatic hydroxyl groups excluding tert-OH is 1. The molecule has 5 nitrogen and oxygen atoms in total. The molecule has 104 valence electrons. The molecule has 0 saturated carbocycles. The minimum Gasteiger partial charge on any atom is -0.459 e. The van der Waals surface area contributed by atoms with Gasteiger partial charge >= 0.3 is 5.91 Å². The SMILES string of the molecule is O=C(NNC(/C=C/c1ccccc1)CO)c1ccco1. The van der Waals surface area contributed by atoms with Gasteiger partial charge in [-0.2, -0.15) is 0 Å². The molecule has 0 aliphatic rings. The first-order valence-corrected chi connectivity index (χ1v) is 6.23. The first kappa shape index (κ1) is 14.0. The third-order valence-corrected chi connectivity index (χ3v) is 2.63. The molecule has 20 heavy (non-hydrogen) atoms. The normalized spacial score (nSPS) is 12.4. The minimum absolute atomic E-state index is 0.137. The van der Waals surface area contributed by atoms with Crippen LogP contribution in [0, 0.1) is 0 Å². The molecule has 2 rings (SSSR count). The van der Waals surface area contributed by atoms with Crippen molar-refractivity contribution in [3.63, 3.8) is 0 Å². The van der Waals surface area contributed by atoms with Gasteiger partial charge in [-0.25, -0.2) is 5.43 Å². The van der Waals surface area contributed by atoms with E-state index >= 15 is 0 Å². The van der Waals surface area contributed by atoms with Crippen molar-refractivity contribution in [3.05, 3.63) is 66.1 Å². The number of furan rings is 1. The molecule has 5 heteroatoms. The van der Waals surface area contributed by atoms with E-state index in [1.165, 1.54) is 6.26 Å². The van der Waals surface area contributed by atoms with Crippen molar-refractivity contribution < 1.29 is 14.3 Å². The second kappa shape index (κ2) is 7.28. The molecular formula is C15H16N2O3. The summed E-state index contributed by atoms with van der Waals surface area (Å²) in [5, 5.41) is 9.26. The summed E-state index contributed by atoms with van der Waals surface area (Å²) >= 11 is 0. The second-order valence-electron chi connectivity index (χ2n) is 4.13. The van der Waals surface area contributed by atoms with Crippen LogP contribution in [0.25, 0.3) is 6.08 Å². The van der Waals surface area contributed by atoms with Gasteiger partial charge in [0.15, 0.2) is 5.76 Å². The zero-order valence-corrected chi connectivity index (χ0v) is 10.8. The average Bonchev–Trinajstić information content (AvgIpc) is 3.02. The van der Waals surface area contributed by atoms with Gasteiger partial charge in [-0.1, -0.05) is 42.5 Å². The Bertz CT molecular complexity index is 550. The Kier molecular flexibility index (Phi) is 5.11. The summed E-state index contributed by atoms with van der Waals surface area (Å²) in [6.07, 6.45) is 5.07. The largest absolute Gasteiger partial charge is 0.459 e. The first-order chi connectivity index (χ1) is 9.79. The van der Waals surface area contributed by atoms with Crippen molar-refractivity contribution in [3.8, 4) is 0 Å². The van der Waals surface area contributed by atoms with Crippen LogP contribution in [0.2, 0.25) is 0 Å². The Morgan fingerprint density at radius 2 is 2.05 bits per heavy atom. The predicted octanol–water partition coefficient (Wildman–Crippen LogP) is 1.59. The van der Waals surface area contributed by atoms with E-state index < -0.39 is 0 Å². The lowest BCUT2D eigenvalue weighted by atomic mass is 10.2. The number of rotatable bonds is 6. The Morgan fingerprint density at radius 3 is 2.70 bits per heavy atom. The molecular weight excluding hydrogens is 256 g/mol. The molecule has 1 heterocycles. The van der Waals surface area contributed by atoms with Gasteiger partial charge < -0.3 is 9.52 Å². The molecule has 0 fully saturated rings. The van der Waals surface area contributed by atoms with E-state index in [1.807, 2.05) is 36.4 Å². The number of nitrogens with one attached hydrogen (secondary N) is 2. The molecule has 1 aromatic heterocycles. The van der Waals surface area contributed by atoms with Gasteiger partial charge in [0.1, 0.15) is 0 Å². The Morgan fingerprint density at radius 1 is 1.25 bits per heavy atom. The van der Waals surface area contributed by atoms with E-state index in [1.54, 1.807) is 18.2 Å². The van der Waals surface area contributed by atoms with Gasteiger partial charge in [-0.15, -0.1) is 0 Å². The van der Waals surface area contributed by atoms with E-state index in [0.29, 0.717) is 0 Å². The molecule has 0 aliphatic heterocycles. The van der Waals surface area contributed by atoms with Crippen molar-refractivity contribution in [1.29, 1.82) is 0 Å². The van der Waals surface area contributed by atoms with E-state index in [9.17, 15) is 9.90 Å². The standard InChI is InChI=1S/C15H16N2O3/c18-11-13(9-8-12-5-2-1-3-6-12)16-17-15(19)14-7-4-10-20-14/h1-10,13,16,18H,11H2,(H,17,19)/b9-8+. The molecule has 1 amide bonds. The summed E-state index contributed by atoms with van der Waals surface area (Å²) in [6.45, 7) is -0.137. The van der Waals surface area contributed by atoms with Crippen molar-refractivity contribution in [2.45, 2.75) is 6.04 Å². The maximum absolute atomic E-state index is 11.6. The lowest BCUT2D eigenvalue weighted by molar-refractivity contribution is 0.0894. The Hall–Kier alpha value is -2.37. The summed E-state index contributed by atoms with van der Waals surface area (Å²) in [5.74, 6) is -0.178. The monoisotopic (exact) mass is 272 g/mol. The second-order valence-corrected chi connectivity index (χ2v) is 4.13. The summed E-state index contributed by atoms with van der Waals surface area (Å²) in [7, 11) is 0. The highest BCUT2D eigenvalue weighted by atomic mass is 16.3. The third kappa shape index (κ3) is 4.08. The molecule has 0 spiro atoms. The van der Waals surface area contributed by atoms with Gasteiger partial charge in [-0.3, -0.25) is 10.2 Å². The zero-order chi connectivity index (χ0) is 14.2. The maximum atomic E-state index is 11.6. The van der Waals surface area contributed by atoms with Crippen LogP contribution in [0.1, 0.15) is 16.1 Å². The lowest BCUT2D eigenvalue weighted by Gasteiger charge is -2.12. The topological polar surface area (TPSA) is 74.5 Å². The van der Waals surface area contributed by atoms with Gasteiger partial charge in [0.25, 0.3) is 0 Å². The maximum Gasteiger partial charge on any atom is 0.301 e. The van der Waals surface area contributed by atoms with Crippen LogP contribution < -0.4 is 10.9 Å². The number of hydrogen-bond donors (Lipinski definition) is 3. The van der Waals surface area contributed by atoms with Crippen LogP contribution >= 0.6 is 0 Å². The van der Waals surface area contributed by atoms with Crippen molar-refractivity contribution >= 4 is 12.0 Å². The Balaban J connectivity index is 1.86. The van der Waals surface area contributed by atoms with Gasteiger partial charge in [0.2, 0.25) is 0 Å².